The Balaban J connectivity index is 1.48. The first-order chi connectivity index (χ1) is 14.5. The highest BCUT2D eigenvalue weighted by Gasteiger charge is 2.58. The molecule has 178 valence electrons. The average molecular weight is 439 g/mol. The molecule has 0 aromatic heterocycles. The zero-order valence-corrected chi connectivity index (χ0v) is 20.5. The van der Waals surface area contributed by atoms with Crippen molar-refractivity contribution in [2.24, 2.45) is 52.3 Å². The van der Waals surface area contributed by atoms with E-state index >= 15 is 0 Å². The van der Waals surface area contributed by atoms with Crippen LogP contribution in [-0.2, 0) is 0 Å². The molecule has 4 aliphatic carbocycles. The zero-order chi connectivity index (χ0) is 22.6. The molecule has 8 unspecified atom stereocenters. The summed E-state index contributed by atoms with van der Waals surface area (Å²) < 4.78 is 39.1. The van der Waals surface area contributed by atoms with E-state index in [-0.39, 0.29) is 6.42 Å². The lowest BCUT2D eigenvalue weighted by molar-refractivity contribution is -0.172. The maximum absolute atomic E-state index is 13.0. The predicted molar refractivity (Wildman–Crippen MR) is 123 cm³/mol. The van der Waals surface area contributed by atoms with E-state index in [1.165, 1.54) is 64.7 Å². The predicted octanol–water partition coefficient (Wildman–Crippen LogP) is 9.21. The summed E-state index contributed by atoms with van der Waals surface area (Å²) >= 11 is 0. The van der Waals surface area contributed by atoms with Crippen LogP contribution in [0.25, 0.3) is 0 Å². The molecule has 9 atom stereocenters. The lowest BCUT2D eigenvalue weighted by Gasteiger charge is -2.57. The first kappa shape index (κ1) is 23.7. The first-order valence-corrected chi connectivity index (χ1v) is 13.2. The van der Waals surface area contributed by atoms with E-state index in [1.807, 2.05) is 0 Å². The molecule has 0 aromatic rings. The summed E-state index contributed by atoms with van der Waals surface area (Å²) in [7, 11) is 0. The highest BCUT2D eigenvalue weighted by Crippen LogP contribution is 2.67. The lowest BCUT2D eigenvalue weighted by atomic mass is 9.48. The Hall–Kier alpha value is -0.470. The van der Waals surface area contributed by atoms with Crippen molar-refractivity contribution in [2.75, 3.05) is 0 Å². The van der Waals surface area contributed by atoms with Gasteiger partial charge in [-0.15, -0.1) is 0 Å². The number of halogens is 3. The van der Waals surface area contributed by atoms with Crippen LogP contribution < -0.4 is 0 Å². The second-order valence-corrected chi connectivity index (χ2v) is 12.7. The second-order valence-electron chi connectivity index (χ2n) is 12.7. The molecule has 0 spiro atoms. The van der Waals surface area contributed by atoms with E-state index < -0.39 is 12.1 Å². The molecule has 0 amide bonds. The third kappa shape index (κ3) is 4.14. The molecule has 3 saturated carbocycles. The van der Waals surface area contributed by atoms with Gasteiger partial charge in [0.25, 0.3) is 0 Å². The Morgan fingerprint density at radius 2 is 1.71 bits per heavy atom. The Labute approximate surface area is 188 Å². The molecule has 0 saturated heterocycles. The quantitative estimate of drug-likeness (QED) is 0.384. The van der Waals surface area contributed by atoms with Gasteiger partial charge in [0.2, 0.25) is 0 Å². The van der Waals surface area contributed by atoms with E-state index in [9.17, 15) is 13.2 Å². The van der Waals surface area contributed by atoms with Crippen molar-refractivity contribution in [1.82, 2.24) is 0 Å². The van der Waals surface area contributed by atoms with Crippen molar-refractivity contribution in [1.29, 1.82) is 0 Å². The SMILES string of the molecule is CC1CCC2=CCC3C(CCC4(C)C3CCC4[C@H](C)CCC(C)C(F)(F)F)C2(C)CC1. The van der Waals surface area contributed by atoms with Gasteiger partial charge < -0.3 is 0 Å². The molecular formula is C28H45F3. The van der Waals surface area contributed by atoms with Crippen molar-refractivity contribution < 1.29 is 13.2 Å². The van der Waals surface area contributed by atoms with Gasteiger partial charge in [0.05, 0.1) is 5.92 Å². The van der Waals surface area contributed by atoms with Gasteiger partial charge in [-0.05, 0) is 117 Å². The van der Waals surface area contributed by atoms with E-state index in [0.29, 0.717) is 22.7 Å². The van der Waals surface area contributed by atoms with E-state index in [2.05, 4.69) is 33.8 Å². The maximum atomic E-state index is 13.0. The van der Waals surface area contributed by atoms with Crippen LogP contribution >= 0.6 is 0 Å². The highest BCUT2D eigenvalue weighted by atomic mass is 19.4. The second kappa shape index (κ2) is 8.39. The Bertz CT molecular complexity index is 678. The zero-order valence-electron chi connectivity index (χ0n) is 20.5. The van der Waals surface area contributed by atoms with E-state index in [1.54, 1.807) is 5.57 Å². The number of hydrogen-bond donors (Lipinski definition) is 0. The average Bonchev–Trinajstić information content (AvgIpc) is 2.98. The third-order valence-electron chi connectivity index (χ3n) is 11.1. The normalized spacial score (nSPS) is 45.0. The van der Waals surface area contributed by atoms with Crippen molar-refractivity contribution in [2.45, 2.75) is 111 Å². The van der Waals surface area contributed by atoms with Crippen LogP contribution in [0.5, 0.6) is 0 Å². The number of alkyl halides is 3. The first-order valence-electron chi connectivity index (χ1n) is 13.2. The van der Waals surface area contributed by atoms with Gasteiger partial charge in [-0.3, -0.25) is 0 Å². The molecule has 4 aliphatic rings. The number of rotatable bonds is 4. The summed E-state index contributed by atoms with van der Waals surface area (Å²) in [6.07, 6.45) is 11.4. The van der Waals surface area contributed by atoms with Gasteiger partial charge in [0.15, 0.2) is 0 Å². The van der Waals surface area contributed by atoms with Gasteiger partial charge in [-0.1, -0.05) is 46.3 Å². The van der Waals surface area contributed by atoms with Crippen LogP contribution in [-0.4, -0.2) is 6.18 Å². The fourth-order valence-corrected chi connectivity index (χ4v) is 8.84. The van der Waals surface area contributed by atoms with Crippen LogP contribution in [0.3, 0.4) is 0 Å². The monoisotopic (exact) mass is 438 g/mol. The van der Waals surface area contributed by atoms with Crippen LogP contribution in [0.15, 0.2) is 11.6 Å². The highest BCUT2D eigenvalue weighted by molar-refractivity contribution is 5.24. The van der Waals surface area contributed by atoms with Crippen LogP contribution in [0.2, 0.25) is 0 Å². The van der Waals surface area contributed by atoms with Crippen molar-refractivity contribution in [3.8, 4) is 0 Å². The standard InChI is InChI=1S/C28H45F3/c1-18-6-9-21-10-11-22-24-13-12-23(19(2)7-8-20(3)28(29,30)31)27(24,5)17-15-25(22)26(21,4)16-14-18/h10,18-20,22-25H,6-9,11-17H2,1-5H3/t18?,19-,20?,22?,23?,24?,25?,26?,27?/m1/s1. The van der Waals surface area contributed by atoms with Crippen LogP contribution in [0, 0.1) is 52.3 Å². The molecule has 3 fully saturated rings. The molecular weight excluding hydrogens is 393 g/mol. The molecule has 4 rings (SSSR count). The molecule has 0 aliphatic heterocycles. The topological polar surface area (TPSA) is 0 Å². The number of hydrogen-bond acceptors (Lipinski definition) is 0. The van der Waals surface area contributed by atoms with Gasteiger partial charge >= 0.3 is 6.18 Å². The molecule has 0 N–H and O–H groups in total. The third-order valence-corrected chi connectivity index (χ3v) is 11.1. The Morgan fingerprint density at radius 3 is 2.42 bits per heavy atom. The lowest BCUT2D eigenvalue weighted by Crippen LogP contribution is -2.49. The molecule has 0 nitrogen and oxygen atoms in total. The summed E-state index contributed by atoms with van der Waals surface area (Å²) in [5.41, 5.74) is 2.51. The molecule has 3 heteroatoms. The smallest absolute Gasteiger partial charge is 0.171 e. The maximum Gasteiger partial charge on any atom is 0.391 e. The molecule has 0 bridgehead atoms. The molecule has 0 radical (unpaired) electrons. The van der Waals surface area contributed by atoms with Gasteiger partial charge in [0, 0.05) is 0 Å². The Morgan fingerprint density at radius 1 is 0.968 bits per heavy atom. The van der Waals surface area contributed by atoms with Crippen molar-refractivity contribution >= 4 is 0 Å². The van der Waals surface area contributed by atoms with Crippen LogP contribution in [0.4, 0.5) is 13.2 Å². The van der Waals surface area contributed by atoms with Gasteiger partial charge in [-0.2, -0.15) is 13.2 Å². The summed E-state index contributed by atoms with van der Waals surface area (Å²) in [5, 5.41) is 0. The van der Waals surface area contributed by atoms with Gasteiger partial charge in [0.1, 0.15) is 0 Å². The van der Waals surface area contributed by atoms with E-state index in [0.717, 1.165) is 30.1 Å². The van der Waals surface area contributed by atoms with Crippen molar-refractivity contribution in [3.63, 3.8) is 0 Å². The minimum Gasteiger partial charge on any atom is -0.171 e. The van der Waals surface area contributed by atoms with E-state index in [4.69, 9.17) is 0 Å². The summed E-state index contributed by atoms with van der Waals surface area (Å²) in [4.78, 5) is 0. The number of fused-ring (bicyclic) bond motifs is 5. The van der Waals surface area contributed by atoms with Gasteiger partial charge in [-0.25, -0.2) is 0 Å². The molecule has 0 heterocycles. The summed E-state index contributed by atoms with van der Waals surface area (Å²) in [5.74, 6) is 3.09. The number of allylic oxidation sites excluding steroid dienone is 2. The molecule has 0 aromatic carbocycles. The largest absolute Gasteiger partial charge is 0.391 e. The van der Waals surface area contributed by atoms with Crippen molar-refractivity contribution in [3.05, 3.63) is 11.6 Å². The minimum atomic E-state index is -4.04. The summed E-state index contributed by atoms with van der Waals surface area (Å²) in [6, 6.07) is 0. The van der Waals surface area contributed by atoms with Crippen LogP contribution in [0.1, 0.15) is 105 Å². The Kier molecular flexibility index (Phi) is 6.41. The fraction of sp³-hybridized carbons (Fsp3) is 0.929. The fourth-order valence-electron chi connectivity index (χ4n) is 8.84. The summed E-state index contributed by atoms with van der Waals surface area (Å²) in [6.45, 7) is 11.1. The molecule has 31 heavy (non-hydrogen) atoms. The minimum absolute atomic E-state index is 0.288.